The summed E-state index contributed by atoms with van der Waals surface area (Å²) in [7, 11) is -3.57. The van der Waals surface area contributed by atoms with Crippen molar-refractivity contribution >= 4 is 44.3 Å². The summed E-state index contributed by atoms with van der Waals surface area (Å²) >= 11 is 1.35. The molecular formula is C24H27N3O4S2. The number of carbonyl (C=O) groups excluding carboxylic acids is 1. The standard InChI is InChI=1S/C24H27N3O4S2/c1-3-18-4-6-19(7-5-18)25-23(28)16-32-24-14-17(2)21-15-20(8-9-22(21)26-24)33(29,30)27-10-12-31-13-11-27/h4-9,14-15H,3,10-13,16H2,1-2H3,(H,25,28). The van der Waals surface area contributed by atoms with Gasteiger partial charge in [0.15, 0.2) is 0 Å². The smallest absolute Gasteiger partial charge is 0.243 e. The highest BCUT2D eigenvalue weighted by Crippen LogP contribution is 2.27. The predicted octanol–water partition coefficient (Wildman–Crippen LogP) is 3.86. The van der Waals surface area contributed by atoms with E-state index in [9.17, 15) is 13.2 Å². The molecule has 3 aromatic rings. The minimum Gasteiger partial charge on any atom is -0.379 e. The van der Waals surface area contributed by atoms with E-state index in [0.29, 0.717) is 31.8 Å². The van der Waals surface area contributed by atoms with Gasteiger partial charge < -0.3 is 10.1 Å². The molecule has 0 atom stereocenters. The molecule has 1 aromatic heterocycles. The first-order chi connectivity index (χ1) is 15.9. The number of aryl methyl sites for hydroxylation is 2. The van der Waals surface area contributed by atoms with Gasteiger partial charge in [0.25, 0.3) is 0 Å². The number of carbonyl (C=O) groups is 1. The van der Waals surface area contributed by atoms with Crippen LogP contribution >= 0.6 is 11.8 Å². The molecular weight excluding hydrogens is 458 g/mol. The number of amides is 1. The van der Waals surface area contributed by atoms with Crippen LogP contribution in [-0.2, 0) is 26.0 Å². The fourth-order valence-electron chi connectivity index (χ4n) is 3.67. The Labute approximate surface area is 198 Å². The third-order valence-corrected chi connectivity index (χ3v) is 8.37. The number of thioether (sulfide) groups is 1. The second kappa shape index (κ2) is 10.2. The minimum atomic E-state index is -3.57. The van der Waals surface area contributed by atoms with Gasteiger partial charge in [0.2, 0.25) is 15.9 Å². The number of hydrogen-bond donors (Lipinski definition) is 1. The summed E-state index contributed by atoms with van der Waals surface area (Å²) < 4.78 is 32.7. The number of nitrogens with zero attached hydrogens (tertiary/aromatic N) is 2. The summed E-state index contributed by atoms with van der Waals surface area (Å²) in [5, 5.41) is 4.41. The molecule has 0 saturated carbocycles. The SMILES string of the molecule is CCc1ccc(NC(=O)CSc2cc(C)c3cc(S(=O)(=O)N4CCOCC4)ccc3n2)cc1. The molecule has 7 nitrogen and oxygen atoms in total. The summed E-state index contributed by atoms with van der Waals surface area (Å²) in [5.41, 5.74) is 3.61. The fraction of sp³-hybridized carbons (Fsp3) is 0.333. The van der Waals surface area contributed by atoms with E-state index in [-0.39, 0.29) is 16.6 Å². The summed E-state index contributed by atoms with van der Waals surface area (Å²) in [6.45, 7) is 5.55. The molecule has 0 unspecified atom stereocenters. The zero-order valence-corrected chi connectivity index (χ0v) is 20.3. The van der Waals surface area contributed by atoms with Gasteiger partial charge in [-0.1, -0.05) is 30.8 Å². The highest BCUT2D eigenvalue weighted by Gasteiger charge is 2.26. The van der Waals surface area contributed by atoms with Crippen molar-refractivity contribution < 1.29 is 17.9 Å². The number of hydrogen-bond acceptors (Lipinski definition) is 6. The summed E-state index contributed by atoms with van der Waals surface area (Å²) in [6, 6.07) is 14.7. The van der Waals surface area contributed by atoms with Crippen molar-refractivity contribution in [3.63, 3.8) is 0 Å². The molecule has 1 aliphatic heterocycles. The first kappa shape index (κ1) is 23.7. The van der Waals surface area contributed by atoms with Gasteiger partial charge >= 0.3 is 0 Å². The second-order valence-corrected chi connectivity index (χ2v) is 10.8. The van der Waals surface area contributed by atoms with Crippen molar-refractivity contribution in [1.29, 1.82) is 0 Å². The van der Waals surface area contributed by atoms with E-state index in [2.05, 4.69) is 17.2 Å². The maximum absolute atomic E-state index is 13.0. The average Bonchev–Trinajstić information content (AvgIpc) is 2.83. The lowest BCUT2D eigenvalue weighted by atomic mass is 10.1. The van der Waals surface area contributed by atoms with Crippen molar-refractivity contribution in [2.24, 2.45) is 0 Å². The number of rotatable bonds is 7. The molecule has 2 aromatic carbocycles. The maximum atomic E-state index is 13.0. The number of aromatic nitrogens is 1. The third kappa shape index (κ3) is 5.55. The summed E-state index contributed by atoms with van der Waals surface area (Å²) in [5.74, 6) is 0.132. The van der Waals surface area contributed by atoms with Crippen LogP contribution in [0.3, 0.4) is 0 Å². The molecule has 1 aliphatic rings. The van der Waals surface area contributed by atoms with E-state index >= 15 is 0 Å². The van der Waals surface area contributed by atoms with Gasteiger partial charge in [0, 0.05) is 24.2 Å². The molecule has 9 heteroatoms. The Kier molecular flexibility index (Phi) is 7.33. The van der Waals surface area contributed by atoms with Gasteiger partial charge in [0.05, 0.1) is 34.4 Å². The Morgan fingerprint density at radius 1 is 1.12 bits per heavy atom. The molecule has 1 amide bonds. The van der Waals surface area contributed by atoms with Crippen LogP contribution in [0.15, 0.2) is 58.5 Å². The van der Waals surface area contributed by atoms with Crippen LogP contribution in [0.5, 0.6) is 0 Å². The second-order valence-electron chi connectivity index (χ2n) is 7.86. The van der Waals surface area contributed by atoms with Crippen molar-refractivity contribution in [2.75, 3.05) is 37.4 Å². The largest absolute Gasteiger partial charge is 0.379 e. The number of morpholine rings is 1. The van der Waals surface area contributed by atoms with E-state index in [1.165, 1.54) is 21.6 Å². The minimum absolute atomic E-state index is 0.101. The highest BCUT2D eigenvalue weighted by atomic mass is 32.2. The van der Waals surface area contributed by atoms with Crippen LogP contribution in [-0.4, -0.2) is 55.7 Å². The molecule has 1 fully saturated rings. The monoisotopic (exact) mass is 485 g/mol. The zero-order chi connectivity index (χ0) is 23.4. The molecule has 0 aliphatic carbocycles. The highest BCUT2D eigenvalue weighted by molar-refractivity contribution is 7.99. The van der Waals surface area contributed by atoms with Gasteiger partial charge in [0.1, 0.15) is 0 Å². The fourth-order valence-corrected chi connectivity index (χ4v) is 5.88. The Hall–Kier alpha value is -2.46. The van der Waals surface area contributed by atoms with Crippen LogP contribution in [0.1, 0.15) is 18.1 Å². The topological polar surface area (TPSA) is 88.6 Å². The molecule has 0 spiro atoms. The van der Waals surface area contributed by atoms with Gasteiger partial charge in [-0.2, -0.15) is 4.31 Å². The van der Waals surface area contributed by atoms with E-state index in [0.717, 1.165) is 28.1 Å². The van der Waals surface area contributed by atoms with E-state index < -0.39 is 10.0 Å². The number of nitrogens with one attached hydrogen (secondary N) is 1. The maximum Gasteiger partial charge on any atom is 0.243 e. The Balaban J connectivity index is 1.46. The van der Waals surface area contributed by atoms with Crippen molar-refractivity contribution in [3.8, 4) is 0 Å². The Bertz CT molecular complexity index is 1250. The van der Waals surface area contributed by atoms with Crippen molar-refractivity contribution in [3.05, 3.63) is 59.7 Å². The molecule has 174 valence electrons. The number of anilines is 1. The van der Waals surface area contributed by atoms with Gasteiger partial charge in [-0.25, -0.2) is 13.4 Å². The quantitative estimate of drug-likeness (QED) is 0.512. The molecule has 0 bridgehead atoms. The van der Waals surface area contributed by atoms with Crippen LogP contribution in [0, 0.1) is 6.92 Å². The summed E-state index contributed by atoms with van der Waals surface area (Å²) in [4.78, 5) is 17.2. The number of benzene rings is 2. The Morgan fingerprint density at radius 3 is 2.55 bits per heavy atom. The number of pyridine rings is 1. The number of sulfonamides is 1. The first-order valence-corrected chi connectivity index (χ1v) is 13.3. The van der Waals surface area contributed by atoms with Gasteiger partial charge in [-0.3, -0.25) is 4.79 Å². The van der Waals surface area contributed by atoms with Gasteiger partial charge in [-0.15, -0.1) is 0 Å². The zero-order valence-electron chi connectivity index (χ0n) is 18.7. The summed E-state index contributed by atoms with van der Waals surface area (Å²) in [6.07, 6.45) is 0.956. The molecule has 1 saturated heterocycles. The third-order valence-electron chi connectivity index (χ3n) is 5.57. The molecule has 2 heterocycles. The molecule has 33 heavy (non-hydrogen) atoms. The van der Waals surface area contributed by atoms with Crippen LogP contribution in [0.2, 0.25) is 0 Å². The lowest BCUT2D eigenvalue weighted by molar-refractivity contribution is -0.113. The molecule has 4 rings (SSSR count). The lowest BCUT2D eigenvalue weighted by Crippen LogP contribution is -2.40. The number of ether oxygens (including phenoxy) is 1. The van der Waals surface area contributed by atoms with E-state index in [4.69, 9.17) is 4.74 Å². The normalized spacial score (nSPS) is 15.0. The van der Waals surface area contributed by atoms with Crippen molar-refractivity contribution in [2.45, 2.75) is 30.2 Å². The Morgan fingerprint density at radius 2 is 1.85 bits per heavy atom. The lowest BCUT2D eigenvalue weighted by Gasteiger charge is -2.26. The van der Waals surface area contributed by atoms with Gasteiger partial charge in [-0.05, 0) is 60.9 Å². The van der Waals surface area contributed by atoms with Crippen LogP contribution < -0.4 is 5.32 Å². The van der Waals surface area contributed by atoms with E-state index in [1.54, 1.807) is 18.2 Å². The number of fused-ring (bicyclic) bond motifs is 1. The first-order valence-electron chi connectivity index (χ1n) is 10.9. The van der Waals surface area contributed by atoms with Crippen molar-refractivity contribution in [1.82, 2.24) is 9.29 Å². The van der Waals surface area contributed by atoms with E-state index in [1.807, 2.05) is 37.3 Å². The molecule has 1 N–H and O–H groups in total. The van der Waals surface area contributed by atoms with Crippen LogP contribution in [0.25, 0.3) is 10.9 Å². The predicted molar refractivity (Wildman–Crippen MR) is 131 cm³/mol. The molecule has 0 radical (unpaired) electrons. The van der Waals surface area contributed by atoms with Crippen LogP contribution in [0.4, 0.5) is 5.69 Å². The average molecular weight is 486 g/mol.